The molecule has 1 aliphatic heterocycles. The summed E-state index contributed by atoms with van der Waals surface area (Å²) in [6.07, 6.45) is 3.21. The molecule has 0 aromatic heterocycles. The number of likely N-dealkylation sites (tertiary alicyclic amines) is 1. The van der Waals surface area contributed by atoms with Gasteiger partial charge in [0.1, 0.15) is 5.82 Å². The molecule has 1 fully saturated rings. The summed E-state index contributed by atoms with van der Waals surface area (Å²) in [7, 11) is 3.20. The zero-order valence-electron chi connectivity index (χ0n) is 17.6. The van der Waals surface area contributed by atoms with Crippen molar-refractivity contribution in [2.45, 2.75) is 31.8 Å². The zero-order chi connectivity index (χ0) is 21.5. The molecule has 30 heavy (non-hydrogen) atoms. The summed E-state index contributed by atoms with van der Waals surface area (Å²) in [5, 5.41) is 9.60. The van der Waals surface area contributed by atoms with Crippen molar-refractivity contribution in [2.75, 3.05) is 33.9 Å². The number of aliphatic hydroxyl groups is 1. The topological polar surface area (TPSA) is 59.0 Å². The van der Waals surface area contributed by atoms with E-state index in [0.717, 1.165) is 56.4 Å². The Hall–Kier alpha value is -2.44. The lowest BCUT2D eigenvalue weighted by atomic mass is 9.82. The Bertz CT molecular complexity index is 835. The van der Waals surface area contributed by atoms with Crippen LogP contribution in [-0.2, 0) is 6.42 Å². The molecule has 1 atom stereocenters. The maximum absolute atomic E-state index is 12.9. The summed E-state index contributed by atoms with van der Waals surface area (Å²) in [5.74, 6) is 1.36. The Morgan fingerprint density at radius 2 is 1.67 bits per heavy atom. The van der Waals surface area contributed by atoms with Crippen molar-refractivity contribution in [3.8, 4) is 11.5 Å². The first-order valence-electron chi connectivity index (χ1n) is 10.4. The molecule has 1 aliphatic carbocycles. The van der Waals surface area contributed by atoms with Crippen molar-refractivity contribution in [3.05, 3.63) is 59.4 Å². The smallest absolute Gasteiger partial charge is 0.167 e. The minimum atomic E-state index is -0.178. The molecule has 0 spiro atoms. The highest BCUT2D eigenvalue weighted by Crippen LogP contribution is 2.36. The second kappa shape index (κ2) is 10.5. The number of ketones is 1. The number of hydrogen-bond donors (Lipinski definition) is 1. The van der Waals surface area contributed by atoms with E-state index in [-0.39, 0.29) is 23.6 Å². The fourth-order valence-electron chi connectivity index (χ4n) is 4.04. The molecule has 4 rings (SSSR count). The van der Waals surface area contributed by atoms with Gasteiger partial charge >= 0.3 is 0 Å². The minimum Gasteiger partial charge on any atom is -0.493 e. The second-order valence-corrected chi connectivity index (χ2v) is 7.79. The Morgan fingerprint density at radius 1 is 1.03 bits per heavy atom. The van der Waals surface area contributed by atoms with Crippen molar-refractivity contribution >= 4 is 5.78 Å². The number of hydrogen-bond acceptors (Lipinski definition) is 5. The third-order valence-corrected chi connectivity index (χ3v) is 5.78. The Kier molecular flexibility index (Phi) is 7.82. The number of methoxy groups -OCH3 is 2. The standard InChI is InChI=1S/C18H25NO4.C6H5F/c1-22-16-9-12-3-4-13(11-19-7-5-14(20)6-8-19)18(21)15(12)10-17(16)23-2;7-6-4-2-1-3-5-6/h9-10,13-14,20H,3-8,11H2,1-2H3;1-5H. The van der Waals surface area contributed by atoms with Crippen molar-refractivity contribution in [3.63, 3.8) is 0 Å². The summed E-state index contributed by atoms with van der Waals surface area (Å²) in [5.41, 5.74) is 1.83. The first kappa shape index (κ1) is 22.2. The van der Waals surface area contributed by atoms with E-state index < -0.39 is 0 Å². The highest BCUT2D eigenvalue weighted by molar-refractivity contribution is 6.01. The summed E-state index contributed by atoms with van der Waals surface area (Å²) < 4.78 is 22.6. The number of benzene rings is 2. The zero-order valence-corrected chi connectivity index (χ0v) is 17.6. The van der Waals surface area contributed by atoms with Gasteiger partial charge in [-0.3, -0.25) is 4.79 Å². The number of carbonyl (C=O) groups excluding carboxylic acids is 1. The molecule has 0 amide bonds. The van der Waals surface area contributed by atoms with Crippen LogP contribution in [0.4, 0.5) is 4.39 Å². The number of carbonyl (C=O) groups is 1. The number of piperidine rings is 1. The molecule has 5 nitrogen and oxygen atoms in total. The number of Topliss-reactive ketones (excluding diaryl/α,β-unsaturated/α-hetero) is 1. The number of halogens is 1. The Morgan fingerprint density at radius 3 is 2.23 bits per heavy atom. The number of aliphatic hydroxyl groups excluding tert-OH is 1. The molecule has 1 saturated heterocycles. The number of nitrogens with zero attached hydrogens (tertiary/aromatic N) is 1. The molecular weight excluding hydrogens is 385 g/mol. The first-order chi connectivity index (χ1) is 14.5. The van der Waals surface area contributed by atoms with E-state index in [4.69, 9.17) is 9.47 Å². The van der Waals surface area contributed by atoms with E-state index >= 15 is 0 Å². The second-order valence-electron chi connectivity index (χ2n) is 7.79. The predicted octanol–water partition coefficient (Wildman–Crippen LogP) is 3.73. The molecule has 0 bridgehead atoms. The van der Waals surface area contributed by atoms with Crippen LogP contribution in [0.25, 0.3) is 0 Å². The van der Waals surface area contributed by atoms with E-state index in [2.05, 4.69) is 4.90 Å². The minimum absolute atomic E-state index is 0.0378. The summed E-state index contributed by atoms with van der Waals surface area (Å²) in [6.45, 7) is 2.55. The highest BCUT2D eigenvalue weighted by atomic mass is 19.1. The maximum atomic E-state index is 12.9. The molecule has 1 unspecified atom stereocenters. The fraction of sp³-hybridized carbons (Fsp3) is 0.458. The van der Waals surface area contributed by atoms with Gasteiger partial charge in [-0.1, -0.05) is 18.2 Å². The molecule has 1 N–H and O–H groups in total. The van der Waals surface area contributed by atoms with Crippen LogP contribution in [0.3, 0.4) is 0 Å². The van der Waals surface area contributed by atoms with Crippen LogP contribution < -0.4 is 9.47 Å². The van der Waals surface area contributed by atoms with Gasteiger partial charge in [-0.2, -0.15) is 0 Å². The van der Waals surface area contributed by atoms with E-state index in [1.165, 1.54) is 12.1 Å². The molecular formula is C24H30FNO4. The third kappa shape index (κ3) is 5.58. The summed E-state index contributed by atoms with van der Waals surface area (Å²) in [6, 6.07) is 11.7. The molecule has 0 saturated carbocycles. The predicted molar refractivity (Wildman–Crippen MR) is 114 cm³/mol. The lowest BCUT2D eigenvalue weighted by Crippen LogP contribution is -2.41. The SMILES string of the molecule is COc1cc2c(cc1OC)C(=O)C(CN1CCC(O)CC1)CC2.Fc1ccccc1. The quantitative estimate of drug-likeness (QED) is 0.825. The lowest BCUT2D eigenvalue weighted by Gasteiger charge is -2.33. The summed E-state index contributed by atoms with van der Waals surface area (Å²) >= 11 is 0. The van der Waals surface area contributed by atoms with Gasteiger partial charge in [0.15, 0.2) is 17.3 Å². The average molecular weight is 416 g/mol. The molecule has 0 radical (unpaired) electrons. The van der Waals surface area contributed by atoms with E-state index in [1.807, 2.05) is 12.1 Å². The van der Waals surface area contributed by atoms with Crippen LogP contribution in [0.2, 0.25) is 0 Å². The number of fused-ring (bicyclic) bond motifs is 1. The monoisotopic (exact) mass is 415 g/mol. The normalized spacial score (nSPS) is 19.5. The van der Waals surface area contributed by atoms with Gasteiger partial charge in [0.05, 0.1) is 20.3 Å². The molecule has 6 heteroatoms. The van der Waals surface area contributed by atoms with Crippen molar-refractivity contribution < 1.29 is 23.8 Å². The van der Waals surface area contributed by atoms with Crippen molar-refractivity contribution in [2.24, 2.45) is 5.92 Å². The molecule has 2 aromatic carbocycles. The van der Waals surface area contributed by atoms with Crippen LogP contribution in [-0.4, -0.2) is 55.7 Å². The van der Waals surface area contributed by atoms with Gasteiger partial charge < -0.3 is 19.5 Å². The van der Waals surface area contributed by atoms with Crippen LogP contribution in [0.15, 0.2) is 42.5 Å². The lowest BCUT2D eigenvalue weighted by molar-refractivity contribution is 0.0659. The Labute approximate surface area is 177 Å². The molecule has 162 valence electrons. The average Bonchev–Trinajstić information content (AvgIpc) is 2.77. The maximum Gasteiger partial charge on any atom is 0.167 e. The fourth-order valence-corrected chi connectivity index (χ4v) is 4.04. The van der Waals surface area contributed by atoms with Crippen LogP contribution in [0.5, 0.6) is 11.5 Å². The van der Waals surface area contributed by atoms with Gasteiger partial charge in [0, 0.05) is 31.1 Å². The van der Waals surface area contributed by atoms with E-state index in [0.29, 0.717) is 11.5 Å². The van der Waals surface area contributed by atoms with E-state index in [1.54, 1.807) is 32.4 Å². The van der Waals surface area contributed by atoms with Gasteiger partial charge in [-0.05, 0) is 55.5 Å². The van der Waals surface area contributed by atoms with Crippen LogP contribution in [0, 0.1) is 11.7 Å². The molecule has 2 aliphatic rings. The molecule has 1 heterocycles. The van der Waals surface area contributed by atoms with Gasteiger partial charge in [0.25, 0.3) is 0 Å². The van der Waals surface area contributed by atoms with Gasteiger partial charge in [-0.25, -0.2) is 4.39 Å². The number of aryl methyl sites for hydroxylation is 1. The van der Waals surface area contributed by atoms with Crippen molar-refractivity contribution in [1.82, 2.24) is 4.90 Å². The van der Waals surface area contributed by atoms with Crippen molar-refractivity contribution in [1.29, 1.82) is 0 Å². The number of ether oxygens (including phenoxy) is 2. The van der Waals surface area contributed by atoms with Crippen LogP contribution >= 0.6 is 0 Å². The van der Waals surface area contributed by atoms with E-state index in [9.17, 15) is 14.3 Å². The van der Waals surface area contributed by atoms with Crippen LogP contribution in [0.1, 0.15) is 35.2 Å². The highest BCUT2D eigenvalue weighted by Gasteiger charge is 2.31. The van der Waals surface area contributed by atoms with Gasteiger partial charge in [-0.15, -0.1) is 0 Å². The van der Waals surface area contributed by atoms with Gasteiger partial charge in [0.2, 0.25) is 0 Å². The summed E-state index contributed by atoms with van der Waals surface area (Å²) in [4.78, 5) is 15.2. The Balaban J connectivity index is 0.000000310. The first-order valence-corrected chi connectivity index (χ1v) is 10.4. The number of rotatable bonds is 4. The third-order valence-electron chi connectivity index (χ3n) is 5.78. The molecule has 2 aromatic rings. The largest absolute Gasteiger partial charge is 0.493 e.